The van der Waals surface area contributed by atoms with Crippen molar-refractivity contribution < 1.29 is 19.8 Å². The number of aliphatic hydroxyl groups excluding tert-OH is 1. The number of aliphatic hydroxyl groups is 2. The summed E-state index contributed by atoms with van der Waals surface area (Å²) < 4.78 is 0. The van der Waals surface area contributed by atoms with E-state index in [4.69, 9.17) is 0 Å². The van der Waals surface area contributed by atoms with Crippen LogP contribution >= 0.6 is 0 Å². The van der Waals surface area contributed by atoms with Crippen LogP contribution in [-0.4, -0.2) is 52.6 Å². The molecule has 0 saturated heterocycles. The quantitative estimate of drug-likeness (QED) is 0.0513. The highest BCUT2D eigenvalue weighted by molar-refractivity contribution is 5.92. The van der Waals surface area contributed by atoms with E-state index in [1.807, 2.05) is 0 Å². The van der Waals surface area contributed by atoms with Crippen molar-refractivity contribution in [3.63, 3.8) is 0 Å². The van der Waals surface area contributed by atoms with Crippen molar-refractivity contribution in [2.45, 2.75) is 231 Å². The van der Waals surface area contributed by atoms with Gasteiger partial charge in [-0.1, -0.05) is 194 Å². The Labute approximate surface area is 287 Å². The fraction of sp³-hybridized carbons (Fsp3) is 0.951. The number of carbonyl (C=O) groups is 2. The van der Waals surface area contributed by atoms with Crippen LogP contribution in [0.2, 0.25) is 0 Å². The minimum atomic E-state index is -1.80. The molecule has 0 aromatic carbocycles. The predicted octanol–water partition coefficient (Wildman–Crippen LogP) is 11.7. The van der Waals surface area contributed by atoms with Crippen LogP contribution < -0.4 is 0 Å². The molecule has 0 bridgehead atoms. The second kappa shape index (κ2) is 34.1. The first-order valence-corrected chi connectivity index (χ1v) is 20.5. The number of unbranched alkanes of at least 4 members (excludes halogenated alkanes) is 28. The third-order valence-corrected chi connectivity index (χ3v) is 10.0. The minimum absolute atomic E-state index is 0.0492. The van der Waals surface area contributed by atoms with Gasteiger partial charge in [-0.05, 0) is 19.9 Å². The van der Waals surface area contributed by atoms with Gasteiger partial charge < -0.3 is 10.2 Å². The maximum atomic E-state index is 13.1. The van der Waals surface area contributed by atoms with Crippen molar-refractivity contribution >= 4 is 11.6 Å². The average molecular weight is 652 g/mol. The van der Waals surface area contributed by atoms with E-state index in [0.29, 0.717) is 6.42 Å². The third kappa shape index (κ3) is 27.2. The zero-order valence-corrected chi connectivity index (χ0v) is 31.4. The molecule has 5 heteroatoms. The molecule has 0 aliphatic rings. The molecular formula is C41H81NO4. The van der Waals surface area contributed by atoms with E-state index in [2.05, 4.69) is 13.8 Å². The molecule has 0 fully saturated rings. The lowest BCUT2D eigenvalue weighted by Crippen LogP contribution is -2.55. The third-order valence-electron chi connectivity index (χ3n) is 10.0. The van der Waals surface area contributed by atoms with Crippen LogP contribution in [0.1, 0.15) is 226 Å². The Hall–Kier alpha value is -0.780. The molecule has 0 rings (SSSR count). The molecule has 0 radical (unpaired) electrons. The van der Waals surface area contributed by atoms with E-state index in [0.717, 1.165) is 38.5 Å². The highest BCUT2D eigenvalue weighted by Crippen LogP contribution is 2.23. The molecule has 1 atom stereocenters. The molecule has 1 unspecified atom stereocenters. The molecule has 46 heavy (non-hydrogen) atoms. The van der Waals surface area contributed by atoms with E-state index in [1.165, 1.54) is 159 Å². The van der Waals surface area contributed by atoms with Crippen molar-refractivity contribution in [1.82, 2.24) is 4.90 Å². The van der Waals surface area contributed by atoms with Crippen LogP contribution in [0.25, 0.3) is 0 Å². The van der Waals surface area contributed by atoms with Gasteiger partial charge in [0.15, 0.2) is 11.5 Å². The topological polar surface area (TPSA) is 77.8 Å². The summed E-state index contributed by atoms with van der Waals surface area (Å²) >= 11 is 0. The van der Waals surface area contributed by atoms with Crippen molar-refractivity contribution in [2.24, 2.45) is 0 Å². The SMILES string of the molecule is CCCCCCCCCCCCCCCCCC(=O)CC(O)(C(=O)CCCCCCCCCCCCCCCCC)N(C)CCO. The molecule has 0 heterocycles. The van der Waals surface area contributed by atoms with Crippen LogP contribution in [0.15, 0.2) is 0 Å². The minimum Gasteiger partial charge on any atom is -0.395 e. The van der Waals surface area contributed by atoms with Gasteiger partial charge in [-0.15, -0.1) is 0 Å². The Morgan fingerprint density at radius 1 is 0.478 bits per heavy atom. The zero-order chi connectivity index (χ0) is 34.0. The highest BCUT2D eigenvalue weighted by Gasteiger charge is 2.40. The monoisotopic (exact) mass is 652 g/mol. The van der Waals surface area contributed by atoms with Gasteiger partial charge >= 0.3 is 0 Å². The van der Waals surface area contributed by atoms with Gasteiger partial charge in [0.05, 0.1) is 13.0 Å². The average Bonchev–Trinajstić information content (AvgIpc) is 3.04. The van der Waals surface area contributed by atoms with Crippen molar-refractivity contribution in [3.05, 3.63) is 0 Å². The number of carbonyl (C=O) groups excluding carboxylic acids is 2. The standard InChI is InChI=1S/C41H81NO4/c1-4-6-8-10-12-14-16-18-20-22-24-26-28-30-32-34-39(44)38-41(46,42(3)36-37-43)40(45)35-33-31-29-27-25-23-21-19-17-15-13-11-9-7-5-2/h43,46H,4-38H2,1-3H3. The maximum Gasteiger partial charge on any atom is 0.185 e. The second-order valence-electron chi connectivity index (χ2n) is 14.5. The van der Waals surface area contributed by atoms with Crippen LogP contribution in [-0.2, 0) is 9.59 Å². The summed E-state index contributed by atoms with van der Waals surface area (Å²) in [5, 5.41) is 20.8. The van der Waals surface area contributed by atoms with Gasteiger partial charge in [0.2, 0.25) is 0 Å². The van der Waals surface area contributed by atoms with Crippen molar-refractivity contribution in [3.8, 4) is 0 Å². The second-order valence-corrected chi connectivity index (χ2v) is 14.5. The predicted molar refractivity (Wildman–Crippen MR) is 198 cm³/mol. The zero-order valence-electron chi connectivity index (χ0n) is 31.4. The molecule has 5 nitrogen and oxygen atoms in total. The fourth-order valence-corrected chi connectivity index (χ4v) is 6.70. The molecule has 274 valence electrons. The first-order valence-electron chi connectivity index (χ1n) is 20.5. The number of hydrogen-bond donors (Lipinski definition) is 2. The summed E-state index contributed by atoms with van der Waals surface area (Å²) in [5.74, 6) is -0.324. The van der Waals surface area contributed by atoms with Crippen molar-refractivity contribution in [2.75, 3.05) is 20.2 Å². The maximum absolute atomic E-state index is 13.1. The lowest BCUT2D eigenvalue weighted by atomic mass is 9.93. The van der Waals surface area contributed by atoms with E-state index in [9.17, 15) is 19.8 Å². The highest BCUT2D eigenvalue weighted by atomic mass is 16.3. The molecule has 0 spiro atoms. The fourth-order valence-electron chi connectivity index (χ4n) is 6.70. The van der Waals surface area contributed by atoms with Gasteiger partial charge in [-0.25, -0.2) is 0 Å². The number of rotatable bonds is 38. The summed E-state index contributed by atoms with van der Waals surface area (Å²) in [6.45, 7) is 4.56. The van der Waals surface area contributed by atoms with E-state index >= 15 is 0 Å². The van der Waals surface area contributed by atoms with Gasteiger partial charge in [0.1, 0.15) is 5.78 Å². The smallest absolute Gasteiger partial charge is 0.185 e. The Morgan fingerprint density at radius 3 is 1.07 bits per heavy atom. The summed E-state index contributed by atoms with van der Waals surface area (Å²) in [4.78, 5) is 27.4. The summed E-state index contributed by atoms with van der Waals surface area (Å²) in [7, 11) is 1.64. The van der Waals surface area contributed by atoms with E-state index in [-0.39, 0.29) is 37.6 Å². The van der Waals surface area contributed by atoms with Crippen LogP contribution in [0.5, 0.6) is 0 Å². The summed E-state index contributed by atoms with van der Waals surface area (Å²) in [6.07, 6.45) is 38.8. The van der Waals surface area contributed by atoms with Gasteiger partial charge in [0.25, 0.3) is 0 Å². The Balaban J connectivity index is 3.99. The number of likely N-dealkylation sites (N-methyl/N-ethyl adjacent to an activating group) is 1. The molecule has 0 aliphatic heterocycles. The lowest BCUT2D eigenvalue weighted by molar-refractivity contribution is -0.164. The Bertz CT molecular complexity index is 669. The number of ketones is 2. The molecular weight excluding hydrogens is 570 g/mol. The summed E-state index contributed by atoms with van der Waals surface area (Å²) in [5.41, 5.74) is -1.80. The largest absolute Gasteiger partial charge is 0.395 e. The molecule has 0 saturated carbocycles. The molecule has 2 N–H and O–H groups in total. The van der Waals surface area contributed by atoms with E-state index in [1.54, 1.807) is 7.05 Å². The Kier molecular flexibility index (Phi) is 33.5. The lowest BCUT2D eigenvalue weighted by Gasteiger charge is -2.35. The first kappa shape index (κ1) is 45.2. The molecule has 0 aromatic rings. The van der Waals surface area contributed by atoms with Crippen LogP contribution in [0.4, 0.5) is 0 Å². The van der Waals surface area contributed by atoms with Gasteiger partial charge in [-0.2, -0.15) is 0 Å². The number of Topliss-reactive ketones (excluding diaryl/α,β-unsaturated/α-hetero) is 2. The van der Waals surface area contributed by atoms with Crippen molar-refractivity contribution in [1.29, 1.82) is 0 Å². The first-order chi connectivity index (χ1) is 22.4. The molecule has 0 amide bonds. The molecule has 0 aliphatic carbocycles. The van der Waals surface area contributed by atoms with Gasteiger partial charge in [-0.3, -0.25) is 14.5 Å². The van der Waals surface area contributed by atoms with E-state index < -0.39 is 5.72 Å². The van der Waals surface area contributed by atoms with Crippen LogP contribution in [0.3, 0.4) is 0 Å². The normalized spacial score (nSPS) is 13.0. The number of hydrogen-bond acceptors (Lipinski definition) is 5. The molecule has 0 aromatic heterocycles. The number of nitrogens with zero attached hydrogens (tertiary/aromatic N) is 1. The Morgan fingerprint density at radius 2 is 0.761 bits per heavy atom. The van der Waals surface area contributed by atoms with Crippen LogP contribution in [0, 0.1) is 0 Å². The van der Waals surface area contributed by atoms with Gasteiger partial charge in [0, 0.05) is 19.4 Å². The summed E-state index contributed by atoms with van der Waals surface area (Å²) in [6, 6.07) is 0.